The number of nitrogens with one attached hydrogen (secondary N) is 2. The van der Waals surface area contributed by atoms with Gasteiger partial charge in [-0.15, -0.1) is 35.3 Å². The van der Waals surface area contributed by atoms with Crippen molar-refractivity contribution in [2.24, 2.45) is 10.4 Å². The molecule has 0 unspecified atom stereocenters. The zero-order chi connectivity index (χ0) is 17.5. The Morgan fingerprint density at radius 3 is 2.42 bits per heavy atom. The number of aromatic nitrogens is 1. The van der Waals surface area contributed by atoms with Crippen molar-refractivity contribution in [1.29, 1.82) is 0 Å². The first-order chi connectivity index (χ1) is 10.6. The van der Waals surface area contributed by atoms with Gasteiger partial charge in [0, 0.05) is 18.5 Å². The van der Waals surface area contributed by atoms with E-state index >= 15 is 0 Å². The van der Waals surface area contributed by atoms with Gasteiger partial charge in [0.15, 0.2) is 11.7 Å². The van der Waals surface area contributed by atoms with E-state index in [2.05, 4.69) is 41.4 Å². The standard InChI is InChI=1S/C15H25F3N4S.HI/c1-5-19-13(20-8-6-7-14(2,3)4)21-9-12-22-11(10-23-12)15(16,17)18;/h10H,5-9H2,1-4H3,(H2,19,20,21);1H. The molecular formula is C15H26F3IN4S. The zero-order valence-corrected chi connectivity index (χ0v) is 17.6. The van der Waals surface area contributed by atoms with Gasteiger partial charge in [-0.1, -0.05) is 20.8 Å². The van der Waals surface area contributed by atoms with Crippen LogP contribution in [-0.4, -0.2) is 24.0 Å². The highest BCUT2D eigenvalue weighted by Crippen LogP contribution is 2.30. The predicted octanol–water partition coefficient (Wildman–Crippen LogP) is 4.66. The Morgan fingerprint density at radius 1 is 1.25 bits per heavy atom. The van der Waals surface area contributed by atoms with Gasteiger partial charge >= 0.3 is 6.18 Å². The molecule has 140 valence electrons. The predicted molar refractivity (Wildman–Crippen MR) is 104 cm³/mol. The molecule has 0 radical (unpaired) electrons. The molecule has 0 aliphatic carbocycles. The Bertz CT molecular complexity index is 510. The molecule has 1 aromatic heterocycles. The average Bonchev–Trinajstić information content (AvgIpc) is 2.88. The highest BCUT2D eigenvalue weighted by Gasteiger charge is 2.33. The van der Waals surface area contributed by atoms with Crippen molar-refractivity contribution >= 4 is 41.3 Å². The molecule has 24 heavy (non-hydrogen) atoms. The van der Waals surface area contributed by atoms with E-state index in [1.165, 1.54) is 0 Å². The van der Waals surface area contributed by atoms with Crippen molar-refractivity contribution < 1.29 is 13.2 Å². The van der Waals surface area contributed by atoms with E-state index in [0.29, 0.717) is 17.5 Å². The number of guanidine groups is 1. The maximum absolute atomic E-state index is 12.5. The number of nitrogens with zero attached hydrogens (tertiary/aromatic N) is 2. The van der Waals surface area contributed by atoms with Crippen LogP contribution < -0.4 is 10.6 Å². The molecule has 0 amide bonds. The molecule has 0 bridgehead atoms. The summed E-state index contributed by atoms with van der Waals surface area (Å²) >= 11 is 0.974. The molecule has 0 saturated heterocycles. The van der Waals surface area contributed by atoms with Crippen LogP contribution in [0.3, 0.4) is 0 Å². The van der Waals surface area contributed by atoms with Crippen molar-refractivity contribution in [2.45, 2.75) is 53.3 Å². The monoisotopic (exact) mass is 478 g/mol. The van der Waals surface area contributed by atoms with Gasteiger partial charge in [0.1, 0.15) is 5.01 Å². The lowest BCUT2D eigenvalue weighted by Crippen LogP contribution is -2.38. The number of alkyl halides is 3. The summed E-state index contributed by atoms with van der Waals surface area (Å²) in [4.78, 5) is 7.86. The molecule has 2 N–H and O–H groups in total. The van der Waals surface area contributed by atoms with Crippen molar-refractivity contribution in [3.05, 3.63) is 16.1 Å². The third-order valence-electron chi connectivity index (χ3n) is 2.95. The first kappa shape index (κ1) is 23.4. The second-order valence-corrected chi connectivity index (χ2v) is 7.35. The van der Waals surface area contributed by atoms with Crippen molar-refractivity contribution in [1.82, 2.24) is 15.6 Å². The van der Waals surface area contributed by atoms with Gasteiger partial charge in [0.25, 0.3) is 0 Å². The van der Waals surface area contributed by atoms with E-state index in [1.54, 1.807) is 0 Å². The van der Waals surface area contributed by atoms with Crippen molar-refractivity contribution in [3.8, 4) is 0 Å². The van der Waals surface area contributed by atoms with Gasteiger partial charge in [0.05, 0.1) is 6.54 Å². The lowest BCUT2D eigenvalue weighted by molar-refractivity contribution is -0.140. The highest BCUT2D eigenvalue weighted by atomic mass is 127. The first-order valence-corrected chi connectivity index (χ1v) is 8.53. The van der Waals surface area contributed by atoms with E-state index in [4.69, 9.17) is 0 Å². The van der Waals surface area contributed by atoms with E-state index in [1.807, 2.05) is 6.92 Å². The molecule has 1 rings (SSSR count). The quantitative estimate of drug-likeness (QED) is 0.271. The number of hydrogen-bond acceptors (Lipinski definition) is 3. The summed E-state index contributed by atoms with van der Waals surface area (Å²) in [7, 11) is 0. The summed E-state index contributed by atoms with van der Waals surface area (Å²) in [5, 5.41) is 7.65. The Labute approximate surface area is 162 Å². The summed E-state index contributed by atoms with van der Waals surface area (Å²) in [6.45, 7) is 10.1. The van der Waals surface area contributed by atoms with Crippen LogP contribution in [0.15, 0.2) is 10.4 Å². The smallest absolute Gasteiger partial charge is 0.357 e. The van der Waals surface area contributed by atoms with Crippen LogP contribution in [0.2, 0.25) is 0 Å². The van der Waals surface area contributed by atoms with Crippen LogP contribution in [0.5, 0.6) is 0 Å². The summed E-state index contributed by atoms with van der Waals surface area (Å²) in [5.74, 6) is 0.602. The maximum atomic E-state index is 12.5. The lowest BCUT2D eigenvalue weighted by Gasteiger charge is -2.18. The normalized spacial score (nSPS) is 12.7. The van der Waals surface area contributed by atoms with E-state index in [-0.39, 0.29) is 35.9 Å². The van der Waals surface area contributed by atoms with Crippen LogP contribution in [0.4, 0.5) is 13.2 Å². The van der Waals surface area contributed by atoms with Crippen LogP contribution in [0.1, 0.15) is 51.2 Å². The molecule has 0 fully saturated rings. The minimum Gasteiger partial charge on any atom is -0.357 e. The Kier molecular flexibility index (Phi) is 10.2. The highest BCUT2D eigenvalue weighted by molar-refractivity contribution is 14.0. The molecule has 0 spiro atoms. The fourth-order valence-corrected chi connectivity index (χ4v) is 2.55. The second kappa shape index (κ2) is 10.4. The molecule has 1 heterocycles. The lowest BCUT2D eigenvalue weighted by atomic mass is 9.91. The summed E-state index contributed by atoms with van der Waals surface area (Å²) < 4.78 is 37.5. The zero-order valence-electron chi connectivity index (χ0n) is 14.5. The third kappa shape index (κ3) is 9.65. The number of rotatable bonds is 6. The third-order valence-corrected chi connectivity index (χ3v) is 3.79. The Hall–Kier alpha value is -0.580. The number of halogens is 4. The number of aliphatic imine (C=N–C) groups is 1. The molecule has 0 saturated carbocycles. The molecule has 0 aliphatic rings. The van der Waals surface area contributed by atoms with E-state index in [9.17, 15) is 13.2 Å². The average molecular weight is 478 g/mol. The van der Waals surface area contributed by atoms with Gasteiger partial charge in [-0.3, -0.25) is 0 Å². The maximum Gasteiger partial charge on any atom is 0.434 e. The molecule has 0 atom stereocenters. The molecular weight excluding hydrogens is 452 g/mol. The molecule has 4 nitrogen and oxygen atoms in total. The molecule has 0 aromatic carbocycles. The number of thiazole rings is 1. The van der Waals surface area contributed by atoms with Crippen molar-refractivity contribution in [2.75, 3.05) is 13.1 Å². The molecule has 0 aliphatic heterocycles. The minimum atomic E-state index is -4.39. The second-order valence-electron chi connectivity index (χ2n) is 6.41. The molecule has 1 aromatic rings. The Balaban J connectivity index is 0.00000529. The van der Waals surface area contributed by atoms with E-state index < -0.39 is 11.9 Å². The Morgan fingerprint density at radius 2 is 1.92 bits per heavy atom. The van der Waals surface area contributed by atoms with Gasteiger partial charge in [-0.05, 0) is 25.2 Å². The number of hydrogen-bond donors (Lipinski definition) is 2. The summed E-state index contributed by atoms with van der Waals surface area (Å²) in [6, 6.07) is 0. The summed E-state index contributed by atoms with van der Waals surface area (Å²) in [5.41, 5.74) is -0.567. The van der Waals surface area contributed by atoms with Gasteiger partial charge in [0.2, 0.25) is 0 Å². The topological polar surface area (TPSA) is 49.3 Å². The van der Waals surface area contributed by atoms with E-state index in [0.717, 1.165) is 36.1 Å². The van der Waals surface area contributed by atoms with Crippen molar-refractivity contribution in [3.63, 3.8) is 0 Å². The van der Waals surface area contributed by atoms with Crippen LogP contribution >= 0.6 is 35.3 Å². The van der Waals surface area contributed by atoms with Gasteiger partial charge in [-0.2, -0.15) is 13.2 Å². The fourth-order valence-electron chi connectivity index (χ4n) is 1.83. The van der Waals surface area contributed by atoms with Gasteiger partial charge in [-0.25, -0.2) is 9.98 Å². The SMILES string of the molecule is CCNC(=NCc1nc(C(F)(F)F)cs1)NCCCC(C)(C)C.I. The largest absolute Gasteiger partial charge is 0.434 e. The van der Waals surface area contributed by atoms with Gasteiger partial charge < -0.3 is 10.6 Å². The molecule has 9 heteroatoms. The first-order valence-electron chi connectivity index (χ1n) is 7.65. The summed E-state index contributed by atoms with van der Waals surface area (Å²) in [6.07, 6.45) is -2.31. The van der Waals surface area contributed by atoms with Crippen LogP contribution in [-0.2, 0) is 12.7 Å². The van der Waals surface area contributed by atoms with Crippen LogP contribution in [0.25, 0.3) is 0 Å². The minimum absolute atomic E-state index is 0. The fraction of sp³-hybridized carbons (Fsp3) is 0.733. The van der Waals surface area contributed by atoms with Crippen LogP contribution in [0, 0.1) is 5.41 Å².